The van der Waals surface area contributed by atoms with Crippen LogP contribution in [-0.4, -0.2) is 36.9 Å². The first-order valence-corrected chi connectivity index (χ1v) is 8.06. The molecule has 2 amide bonds. The molecule has 2 rings (SSSR count). The van der Waals surface area contributed by atoms with Crippen LogP contribution in [0.3, 0.4) is 0 Å². The molecule has 1 fully saturated rings. The summed E-state index contributed by atoms with van der Waals surface area (Å²) < 4.78 is 5.25. The van der Waals surface area contributed by atoms with Crippen LogP contribution in [0.2, 0.25) is 0 Å². The van der Waals surface area contributed by atoms with Gasteiger partial charge in [0.05, 0.1) is 12.8 Å². The molecule has 1 heterocycles. The number of nitrogens with zero attached hydrogens (tertiary/aromatic N) is 1. The van der Waals surface area contributed by atoms with Crippen molar-refractivity contribution in [1.82, 2.24) is 4.90 Å². The number of likely N-dealkylation sites (tertiary alicyclic amines) is 1. The van der Waals surface area contributed by atoms with Crippen LogP contribution in [0.15, 0.2) is 24.3 Å². The third kappa shape index (κ3) is 4.24. The van der Waals surface area contributed by atoms with Gasteiger partial charge in [-0.3, -0.25) is 9.59 Å². The van der Waals surface area contributed by atoms with Gasteiger partial charge in [0.2, 0.25) is 11.8 Å². The van der Waals surface area contributed by atoms with E-state index in [0.29, 0.717) is 37.4 Å². The van der Waals surface area contributed by atoms with Crippen LogP contribution in [0.4, 0.5) is 5.69 Å². The first-order valence-electron chi connectivity index (χ1n) is 8.06. The summed E-state index contributed by atoms with van der Waals surface area (Å²) in [4.78, 5) is 26.6. The summed E-state index contributed by atoms with van der Waals surface area (Å²) in [6, 6.07) is 7.38. The molecule has 5 nitrogen and oxygen atoms in total. The molecule has 1 saturated heterocycles. The molecule has 0 aromatic heterocycles. The molecule has 23 heavy (non-hydrogen) atoms. The van der Waals surface area contributed by atoms with Crippen molar-refractivity contribution in [3.8, 4) is 5.75 Å². The number of benzene rings is 1. The number of hydrogen-bond acceptors (Lipinski definition) is 3. The highest BCUT2D eigenvalue weighted by atomic mass is 16.5. The van der Waals surface area contributed by atoms with Crippen molar-refractivity contribution in [3.63, 3.8) is 0 Å². The lowest BCUT2D eigenvalue weighted by Gasteiger charge is -2.35. The number of ether oxygens (including phenoxy) is 1. The van der Waals surface area contributed by atoms with Crippen LogP contribution < -0.4 is 10.1 Å². The van der Waals surface area contributed by atoms with E-state index < -0.39 is 0 Å². The molecule has 0 unspecified atom stereocenters. The number of methoxy groups -OCH3 is 1. The van der Waals surface area contributed by atoms with E-state index in [2.05, 4.69) is 5.32 Å². The van der Waals surface area contributed by atoms with Gasteiger partial charge in [0.1, 0.15) is 5.75 Å². The van der Waals surface area contributed by atoms with E-state index in [9.17, 15) is 9.59 Å². The molecule has 0 atom stereocenters. The van der Waals surface area contributed by atoms with Crippen molar-refractivity contribution in [3.05, 3.63) is 24.3 Å². The van der Waals surface area contributed by atoms with Crippen LogP contribution in [0.5, 0.6) is 5.75 Å². The van der Waals surface area contributed by atoms with E-state index in [-0.39, 0.29) is 23.1 Å². The largest absolute Gasteiger partial charge is 0.495 e. The van der Waals surface area contributed by atoms with Gasteiger partial charge in [-0.2, -0.15) is 0 Å². The predicted octanol–water partition coefficient (Wildman–Crippen LogP) is 2.92. The summed E-state index contributed by atoms with van der Waals surface area (Å²) in [6.45, 7) is 7.06. The van der Waals surface area contributed by atoms with Gasteiger partial charge in [0, 0.05) is 24.4 Å². The average molecular weight is 318 g/mol. The molecule has 0 bridgehead atoms. The Bertz CT molecular complexity index is 570. The summed E-state index contributed by atoms with van der Waals surface area (Å²) in [7, 11) is 1.58. The molecule has 1 aliphatic rings. The lowest BCUT2D eigenvalue weighted by Crippen LogP contribution is -2.45. The Morgan fingerprint density at radius 3 is 2.35 bits per heavy atom. The number of carbonyl (C=O) groups excluding carboxylic acids is 2. The van der Waals surface area contributed by atoms with E-state index in [1.54, 1.807) is 7.11 Å². The SMILES string of the molecule is COc1ccccc1NC(=O)C1CCN(C(=O)C(C)(C)C)CC1. The number of anilines is 1. The quantitative estimate of drug-likeness (QED) is 0.932. The van der Waals surface area contributed by atoms with Gasteiger partial charge in [-0.05, 0) is 25.0 Å². The summed E-state index contributed by atoms with van der Waals surface area (Å²) in [5, 5.41) is 2.94. The zero-order valence-electron chi connectivity index (χ0n) is 14.4. The van der Waals surface area contributed by atoms with Gasteiger partial charge in [-0.25, -0.2) is 0 Å². The third-order valence-corrected chi connectivity index (χ3v) is 4.16. The lowest BCUT2D eigenvalue weighted by atomic mass is 9.90. The fourth-order valence-corrected chi connectivity index (χ4v) is 2.80. The Labute approximate surface area is 138 Å². The number of piperidine rings is 1. The Balaban J connectivity index is 1.92. The van der Waals surface area contributed by atoms with Gasteiger partial charge < -0.3 is 15.0 Å². The summed E-state index contributed by atoms with van der Waals surface area (Å²) in [5.41, 5.74) is 0.320. The second kappa shape index (κ2) is 7.02. The predicted molar refractivity (Wildman–Crippen MR) is 90.4 cm³/mol. The zero-order chi connectivity index (χ0) is 17.0. The van der Waals surface area contributed by atoms with Crippen molar-refractivity contribution in [2.45, 2.75) is 33.6 Å². The van der Waals surface area contributed by atoms with Gasteiger partial charge >= 0.3 is 0 Å². The molecule has 0 radical (unpaired) electrons. The molecule has 0 aliphatic carbocycles. The first-order chi connectivity index (χ1) is 10.8. The van der Waals surface area contributed by atoms with E-state index in [0.717, 1.165) is 0 Å². The smallest absolute Gasteiger partial charge is 0.227 e. The van der Waals surface area contributed by atoms with Crippen molar-refractivity contribution < 1.29 is 14.3 Å². The minimum Gasteiger partial charge on any atom is -0.495 e. The highest BCUT2D eigenvalue weighted by Crippen LogP contribution is 2.27. The number of amides is 2. The normalized spacial score (nSPS) is 16.1. The van der Waals surface area contributed by atoms with Crippen molar-refractivity contribution in [2.24, 2.45) is 11.3 Å². The molecule has 1 aromatic rings. The first kappa shape index (κ1) is 17.3. The number of rotatable bonds is 3. The Hall–Kier alpha value is -2.04. The fraction of sp³-hybridized carbons (Fsp3) is 0.556. The number of para-hydroxylation sites is 2. The lowest BCUT2D eigenvalue weighted by molar-refractivity contribution is -0.142. The molecule has 0 spiro atoms. The topological polar surface area (TPSA) is 58.6 Å². The number of carbonyl (C=O) groups is 2. The molecule has 1 aromatic carbocycles. The van der Waals surface area contributed by atoms with E-state index in [1.165, 1.54) is 0 Å². The molecular weight excluding hydrogens is 292 g/mol. The number of hydrogen-bond donors (Lipinski definition) is 1. The molecular formula is C18H26N2O3. The number of nitrogens with one attached hydrogen (secondary N) is 1. The molecule has 1 aliphatic heterocycles. The molecule has 126 valence electrons. The van der Waals surface area contributed by atoms with E-state index in [1.807, 2.05) is 49.9 Å². The summed E-state index contributed by atoms with van der Waals surface area (Å²) >= 11 is 0. The van der Waals surface area contributed by atoms with Crippen LogP contribution in [0.25, 0.3) is 0 Å². The third-order valence-electron chi connectivity index (χ3n) is 4.16. The highest BCUT2D eigenvalue weighted by Gasteiger charge is 2.32. The van der Waals surface area contributed by atoms with Gasteiger partial charge in [0.25, 0.3) is 0 Å². The highest BCUT2D eigenvalue weighted by molar-refractivity contribution is 5.94. The van der Waals surface area contributed by atoms with Gasteiger partial charge in [-0.15, -0.1) is 0 Å². The average Bonchev–Trinajstić information content (AvgIpc) is 2.54. The van der Waals surface area contributed by atoms with Crippen molar-refractivity contribution >= 4 is 17.5 Å². The maximum absolute atomic E-state index is 12.4. The minimum atomic E-state index is -0.369. The van der Waals surface area contributed by atoms with Crippen molar-refractivity contribution in [2.75, 3.05) is 25.5 Å². The van der Waals surface area contributed by atoms with Crippen LogP contribution >= 0.6 is 0 Å². The van der Waals surface area contributed by atoms with E-state index in [4.69, 9.17) is 4.74 Å². The molecule has 0 saturated carbocycles. The maximum atomic E-state index is 12.4. The second-order valence-electron chi connectivity index (χ2n) is 7.01. The maximum Gasteiger partial charge on any atom is 0.227 e. The molecule has 5 heteroatoms. The van der Waals surface area contributed by atoms with Gasteiger partial charge in [-0.1, -0.05) is 32.9 Å². The minimum absolute atomic E-state index is 0.00245. The monoisotopic (exact) mass is 318 g/mol. The summed E-state index contributed by atoms with van der Waals surface area (Å²) in [5.74, 6) is 0.739. The Kier molecular flexibility index (Phi) is 5.29. The van der Waals surface area contributed by atoms with Gasteiger partial charge in [0.15, 0.2) is 0 Å². The fourth-order valence-electron chi connectivity index (χ4n) is 2.80. The van der Waals surface area contributed by atoms with Crippen LogP contribution in [0, 0.1) is 11.3 Å². The van der Waals surface area contributed by atoms with Crippen LogP contribution in [0.1, 0.15) is 33.6 Å². The second-order valence-corrected chi connectivity index (χ2v) is 7.01. The van der Waals surface area contributed by atoms with Crippen LogP contribution in [-0.2, 0) is 9.59 Å². The Morgan fingerprint density at radius 1 is 1.17 bits per heavy atom. The summed E-state index contributed by atoms with van der Waals surface area (Å²) in [6.07, 6.45) is 1.39. The van der Waals surface area contributed by atoms with Crippen molar-refractivity contribution in [1.29, 1.82) is 0 Å². The standard InChI is InChI=1S/C18H26N2O3/c1-18(2,3)17(22)20-11-9-13(10-12-20)16(21)19-14-7-5-6-8-15(14)23-4/h5-8,13H,9-12H2,1-4H3,(H,19,21). The van der Waals surface area contributed by atoms with E-state index >= 15 is 0 Å². The Morgan fingerprint density at radius 2 is 1.78 bits per heavy atom. The molecule has 1 N–H and O–H groups in total. The zero-order valence-corrected chi connectivity index (χ0v) is 14.4.